The van der Waals surface area contributed by atoms with Crippen molar-refractivity contribution in [1.29, 1.82) is 0 Å². The van der Waals surface area contributed by atoms with E-state index in [1.165, 1.54) is 0 Å². The molecule has 1 aromatic carbocycles. The van der Waals surface area contributed by atoms with Crippen LogP contribution < -0.4 is 5.32 Å². The fraction of sp³-hybridized carbons (Fsp3) is 0.533. The fourth-order valence-corrected chi connectivity index (χ4v) is 1.83. The van der Waals surface area contributed by atoms with Crippen LogP contribution in [0.15, 0.2) is 30.3 Å². The molecule has 0 fully saturated rings. The summed E-state index contributed by atoms with van der Waals surface area (Å²) in [6.07, 6.45) is 2.59. The van der Waals surface area contributed by atoms with Crippen LogP contribution in [0, 0.1) is 0 Å². The minimum absolute atomic E-state index is 0. The van der Waals surface area contributed by atoms with Gasteiger partial charge in [-0.25, -0.2) is 0 Å². The van der Waals surface area contributed by atoms with Gasteiger partial charge in [-0.15, -0.1) is 0 Å². The molecule has 0 heterocycles. The van der Waals surface area contributed by atoms with Crippen molar-refractivity contribution in [1.82, 2.24) is 5.32 Å². The number of unbranched alkanes of at least 4 members (excludes halogenated alkanes) is 1. The van der Waals surface area contributed by atoms with Crippen molar-refractivity contribution in [2.45, 2.75) is 25.3 Å². The number of hydrogen-bond donors (Lipinski definition) is 1. The number of benzene rings is 1. The average Bonchev–Trinajstić information content (AvgIpc) is 2.48. The SMILES string of the molecule is [Cu+2].[NH-]CC[N-]CC([NH-])CCCCNC(=O)c1ccccc1. The Morgan fingerprint density at radius 2 is 1.95 bits per heavy atom. The van der Waals surface area contributed by atoms with Crippen LogP contribution in [0.3, 0.4) is 0 Å². The average molecular weight is 339 g/mol. The first kappa shape index (κ1) is 20.1. The topological polar surface area (TPSA) is 90.8 Å². The zero-order valence-corrected chi connectivity index (χ0v) is 13.0. The molecule has 1 rings (SSSR count). The van der Waals surface area contributed by atoms with E-state index in [0.717, 1.165) is 19.3 Å². The summed E-state index contributed by atoms with van der Waals surface area (Å²) in [5.74, 6) is -0.0431. The molecule has 1 unspecified atom stereocenters. The Morgan fingerprint density at radius 3 is 2.62 bits per heavy atom. The normalized spacial score (nSPS) is 11.5. The largest absolute Gasteiger partial charge is 2.00 e. The van der Waals surface area contributed by atoms with E-state index in [2.05, 4.69) is 10.6 Å². The van der Waals surface area contributed by atoms with Crippen molar-refractivity contribution >= 4 is 5.91 Å². The van der Waals surface area contributed by atoms with E-state index in [1.54, 1.807) is 12.1 Å². The van der Waals surface area contributed by atoms with Crippen LogP contribution in [0.4, 0.5) is 0 Å². The van der Waals surface area contributed by atoms with E-state index in [1.807, 2.05) is 18.2 Å². The predicted molar refractivity (Wildman–Crippen MR) is 83.0 cm³/mol. The maximum atomic E-state index is 11.7. The molecule has 0 aliphatic carbocycles. The third-order valence-electron chi connectivity index (χ3n) is 2.92. The van der Waals surface area contributed by atoms with Crippen molar-refractivity contribution in [3.05, 3.63) is 52.7 Å². The van der Waals surface area contributed by atoms with E-state index in [0.29, 0.717) is 31.7 Å². The zero-order chi connectivity index (χ0) is 14.6. The minimum Gasteiger partial charge on any atom is -0.679 e. The molecular weight excluding hydrogens is 316 g/mol. The van der Waals surface area contributed by atoms with Crippen LogP contribution in [0.2, 0.25) is 0 Å². The summed E-state index contributed by atoms with van der Waals surface area (Å²) >= 11 is 0. The van der Waals surface area contributed by atoms with Gasteiger partial charge in [-0.1, -0.05) is 31.0 Å². The van der Waals surface area contributed by atoms with Gasteiger partial charge in [0.05, 0.1) is 0 Å². The van der Waals surface area contributed by atoms with Crippen LogP contribution in [0.5, 0.6) is 0 Å². The van der Waals surface area contributed by atoms with Gasteiger partial charge in [-0.2, -0.15) is 25.7 Å². The summed E-state index contributed by atoms with van der Waals surface area (Å²) in [6.45, 7) is 2.00. The Morgan fingerprint density at radius 1 is 1.24 bits per heavy atom. The maximum absolute atomic E-state index is 11.7. The Hall–Kier alpha value is -0.911. The van der Waals surface area contributed by atoms with Crippen LogP contribution in [0.25, 0.3) is 16.8 Å². The first-order valence-corrected chi connectivity index (χ1v) is 7.06. The Labute approximate surface area is 137 Å². The minimum atomic E-state index is -0.175. The number of carbonyl (C=O) groups is 1. The number of hydrogen-bond acceptors (Lipinski definition) is 1. The van der Waals surface area contributed by atoms with E-state index in [-0.39, 0.29) is 29.0 Å². The molecule has 1 aromatic rings. The monoisotopic (exact) mass is 338 g/mol. The van der Waals surface area contributed by atoms with Crippen molar-refractivity contribution in [3.8, 4) is 0 Å². The van der Waals surface area contributed by atoms with Gasteiger partial charge >= 0.3 is 17.1 Å². The summed E-state index contributed by atoms with van der Waals surface area (Å²) in [7, 11) is 0. The molecule has 0 saturated heterocycles. The molecule has 0 spiro atoms. The van der Waals surface area contributed by atoms with E-state index >= 15 is 0 Å². The van der Waals surface area contributed by atoms with Gasteiger partial charge in [-0.05, 0) is 18.6 Å². The van der Waals surface area contributed by atoms with E-state index in [9.17, 15) is 4.79 Å². The van der Waals surface area contributed by atoms with Gasteiger partial charge in [0.2, 0.25) is 0 Å². The number of carbonyl (C=O) groups excluding carboxylic acids is 1. The molecule has 0 saturated carbocycles. The first-order chi connectivity index (χ1) is 9.74. The predicted octanol–water partition coefficient (Wildman–Crippen LogP) is 3.43. The molecule has 1 amide bonds. The number of nitrogens with one attached hydrogen (secondary N) is 3. The third-order valence-corrected chi connectivity index (χ3v) is 2.92. The summed E-state index contributed by atoms with van der Waals surface area (Å²) < 4.78 is 0. The van der Waals surface area contributed by atoms with Crippen LogP contribution in [-0.2, 0) is 17.1 Å². The molecule has 0 aliphatic heterocycles. The molecule has 0 aromatic heterocycles. The second-order valence-corrected chi connectivity index (χ2v) is 4.69. The number of nitrogens with zero attached hydrogens (tertiary/aromatic N) is 1. The van der Waals surface area contributed by atoms with Crippen molar-refractivity contribution in [3.63, 3.8) is 0 Å². The first-order valence-electron chi connectivity index (χ1n) is 7.06. The standard InChI is InChI=1S/C15H23N4O.Cu/c16-9-11-18-12-14(17)8-4-5-10-19-15(20)13-6-2-1-3-7-13;/h1-3,6-7,14,16-17H,4-5,8-12H2,(H,19,20);/q-3;+2. The molecule has 1 radical (unpaired) electrons. The molecule has 121 valence electrons. The third kappa shape index (κ3) is 9.61. The Balaban J connectivity index is 0.00000400. The second kappa shape index (κ2) is 12.8. The molecule has 5 nitrogen and oxygen atoms in total. The van der Waals surface area contributed by atoms with Gasteiger partial charge in [0, 0.05) is 12.1 Å². The molecule has 1 atom stereocenters. The summed E-state index contributed by atoms with van der Waals surface area (Å²) in [5, 5.41) is 6.99. The van der Waals surface area contributed by atoms with E-state index < -0.39 is 0 Å². The second-order valence-electron chi connectivity index (χ2n) is 4.69. The quantitative estimate of drug-likeness (QED) is 0.513. The maximum Gasteiger partial charge on any atom is 2.00 e. The van der Waals surface area contributed by atoms with Crippen LogP contribution in [0.1, 0.15) is 29.6 Å². The number of rotatable bonds is 10. The molecule has 0 aliphatic rings. The van der Waals surface area contributed by atoms with Gasteiger partial charge in [0.1, 0.15) is 0 Å². The smallest absolute Gasteiger partial charge is 0.679 e. The molecule has 6 heteroatoms. The number of amides is 1. The van der Waals surface area contributed by atoms with Gasteiger partial charge in [0.15, 0.2) is 0 Å². The zero-order valence-electron chi connectivity index (χ0n) is 12.1. The Bertz CT molecular complexity index is 375. The molecule has 21 heavy (non-hydrogen) atoms. The van der Waals surface area contributed by atoms with Crippen LogP contribution >= 0.6 is 0 Å². The Kier molecular flexibility index (Phi) is 12.2. The van der Waals surface area contributed by atoms with Crippen molar-refractivity contribution in [2.24, 2.45) is 0 Å². The fourth-order valence-electron chi connectivity index (χ4n) is 1.83. The van der Waals surface area contributed by atoms with Crippen molar-refractivity contribution < 1.29 is 21.9 Å². The molecular formula is C15H23CuN4O-. The summed E-state index contributed by atoms with van der Waals surface area (Å²) in [4.78, 5) is 11.7. The van der Waals surface area contributed by atoms with Gasteiger partial charge in [-0.3, -0.25) is 4.79 Å². The van der Waals surface area contributed by atoms with Gasteiger partial charge in [0.25, 0.3) is 5.91 Å². The summed E-state index contributed by atoms with van der Waals surface area (Å²) in [6, 6.07) is 8.99. The van der Waals surface area contributed by atoms with Crippen LogP contribution in [-0.4, -0.2) is 38.1 Å². The van der Waals surface area contributed by atoms with E-state index in [4.69, 9.17) is 11.5 Å². The van der Waals surface area contributed by atoms with Gasteiger partial charge < -0.3 is 22.1 Å². The molecule has 0 bridgehead atoms. The van der Waals surface area contributed by atoms with Crippen molar-refractivity contribution in [2.75, 3.05) is 26.2 Å². The molecule has 3 N–H and O–H groups in total. The summed E-state index contributed by atoms with van der Waals surface area (Å²) in [5.41, 5.74) is 15.4.